The van der Waals surface area contributed by atoms with Crippen LogP contribution in [-0.4, -0.2) is 23.4 Å². The normalized spacial score (nSPS) is 19.2. The number of carbonyl (C=O) groups excluding carboxylic acids is 3. The van der Waals surface area contributed by atoms with Crippen LogP contribution in [0.1, 0.15) is 52.1 Å². The van der Waals surface area contributed by atoms with Crippen LogP contribution in [-0.2, 0) is 14.3 Å². The fraction of sp³-hybridized carbons (Fsp3) is 0.375. The Kier molecular flexibility index (Phi) is 6.62. The summed E-state index contributed by atoms with van der Waals surface area (Å²) >= 11 is 0. The number of carbonyl (C=O) groups is 3. The third kappa shape index (κ3) is 5.90. The number of hydrogen-bond donors (Lipinski definition) is 2. The molecular formula is C24H26F2N2O4. The lowest BCUT2D eigenvalue weighted by Gasteiger charge is -2.25. The first-order valence-corrected chi connectivity index (χ1v) is 10.3. The van der Waals surface area contributed by atoms with Gasteiger partial charge in [-0.05, 0) is 68.3 Å². The van der Waals surface area contributed by atoms with E-state index in [4.69, 9.17) is 4.74 Å². The number of alkyl carbamates (subject to hydrolysis) is 1. The number of amides is 2. The summed E-state index contributed by atoms with van der Waals surface area (Å²) in [5.41, 5.74) is 0.439. The second-order valence-corrected chi connectivity index (χ2v) is 9.00. The van der Waals surface area contributed by atoms with Gasteiger partial charge in [-0.3, -0.25) is 9.59 Å². The maximum Gasteiger partial charge on any atom is 0.408 e. The highest BCUT2D eigenvalue weighted by molar-refractivity contribution is 5.98. The lowest BCUT2D eigenvalue weighted by molar-refractivity contribution is -0.126. The van der Waals surface area contributed by atoms with Crippen molar-refractivity contribution in [3.8, 4) is 11.1 Å². The number of benzene rings is 2. The zero-order valence-electron chi connectivity index (χ0n) is 18.4. The number of nitrogens with one attached hydrogen (secondary N) is 2. The molecule has 0 saturated carbocycles. The van der Waals surface area contributed by atoms with Crippen molar-refractivity contribution in [2.24, 2.45) is 5.92 Å². The molecule has 0 aliphatic carbocycles. The minimum absolute atomic E-state index is 0.0724. The predicted molar refractivity (Wildman–Crippen MR) is 116 cm³/mol. The molecule has 32 heavy (non-hydrogen) atoms. The quantitative estimate of drug-likeness (QED) is 0.638. The summed E-state index contributed by atoms with van der Waals surface area (Å²) in [6, 6.07) is 6.87. The summed E-state index contributed by atoms with van der Waals surface area (Å²) in [6.45, 7) is 6.71. The SMILES string of the molecule is CC1CC(=O)CC(NC(=O)OC(C)(C)C)c2cc(F)cc(c2)-c2cc(F)ccc2NC1=O. The molecule has 0 fully saturated rings. The third-order valence-corrected chi connectivity index (χ3v) is 4.98. The Morgan fingerprint density at radius 1 is 1.06 bits per heavy atom. The van der Waals surface area contributed by atoms with Gasteiger partial charge in [0.2, 0.25) is 5.91 Å². The Balaban J connectivity index is 2.11. The molecule has 6 nitrogen and oxygen atoms in total. The van der Waals surface area contributed by atoms with Crippen molar-refractivity contribution in [1.82, 2.24) is 5.32 Å². The monoisotopic (exact) mass is 444 g/mol. The lowest BCUT2D eigenvalue weighted by Crippen LogP contribution is -2.36. The molecule has 8 heteroatoms. The van der Waals surface area contributed by atoms with Crippen molar-refractivity contribution < 1.29 is 27.9 Å². The molecule has 2 aromatic carbocycles. The molecule has 2 aromatic rings. The molecule has 1 heterocycles. The zero-order chi connectivity index (χ0) is 23.6. The van der Waals surface area contributed by atoms with Crippen LogP contribution in [0.2, 0.25) is 0 Å². The molecule has 1 aliphatic rings. The van der Waals surface area contributed by atoms with E-state index in [0.29, 0.717) is 16.8 Å². The van der Waals surface area contributed by atoms with E-state index in [1.54, 1.807) is 33.8 Å². The van der Waals surface area contributed by atoms with Gasteiger partial charge in [-0.1, -0.05) is 6.92 Å². The van der Waals surface area contributed by atoms with Crippen LogP contribution in [0.4, 0.5) is 19.3 Å². The number of fused-ring (bicyclic) bond motifs is 4. The summed E-state index contributed by atoms with van der Waals surface area (Å²) < 4.78 is 33.9. The van der Waals surface area contributed by atoms with Crippen molar-refractivity contribution >= 4 is 23.5 Å². The molecule has 3 rings (SSSR count). The van der Waals surface area contributed by atoms with Gasteiger partial charge in [0.25, 0.3) is 0 Å². The Bertz CT molecular complexity index is 1060. The molecule has 0 saturated heterocycles. The molecule has 1 aliphatic heterocycles. The van der Waals surface area contributed by atoms with Gasteiger partial charge in [0.15, 0.2) is 0 Å². The van der Waals surface area contributed by atoms with Crippen molar-refractivity contribution in [2.75, 3.05) is 5.32 Å². The van der Waals surface area contributed by atoms with Crippen LogP contribution in [0.15, 0.2) is 36.4 Å². The molecule has 170 valence electrons. The van der Waals surface area contributed by atoms with Crippen molar-refractivity contribution in [3.63, 3.8) is 0 Å². The van der Waals surface area contributed by atoms with Crippen molar-refractivity contribution in [3.05, 3.63) is 53.6 Å². The van der Waals surface area contributed by atoms with Crippen LogP contribution >= 0.6 is 0 Å². The Labute approximate surface area is 185 Å². The van der Waals surface area contributed by atoms with Gasteiger partial charge < -0.3 is 15.4 Å². The van der Waals surface area contributed by atoms with Gasteiger partial charge in [-0.2, -0.15) is 0 Å². The number of hydrogen-bond acceptors (Lipinski definition) is 4. The molecule has 0 radical (unpaired) electrons. The van der Waals surface area contributed by atoms with Crippen LogP contribution in [0.5, 0.6) is 0 Å². The first kappa shape index (κ1) is 23.4. The number of ether oxygens (including phenoxy) is 1. The summed E-state index contributed by atoms with van der Waals surface area (Å²) in [4.78, 5) is 37.7. The first-order chi connectivity index (χ1) is 14.9. The maximum atomic E-state index is 14.6. The van der Waals surface area contributed by atoms with E-state index in [2.05, 4.69) is 10.6 Å². The van der Waals surface area contributed by atoms with Gasteiger partial charge in [-0.25, -0.2) is 13.6 Å². The number of anilines is 1. The van der Waals surface area contributed by atoms with E-state index in [1.165, 1.54) is 30.3 Å². The first-order valence-electron chi connectivity index (χ1n) is 10.3. The third-order valence-electron chi connectivity index (χ3n) is 4.98. The Hall–Kier alpha value is -3.29. The summed E-state index contributed by atoms with van der Waals surface area (Å²) in [7, 11) is 0. The summed E-state index contributed by atoms with van der Waals surface area (Å²) in [5, 5.41) is 5.34. The average molecular weight is 444 g/mol. The van der Waals surface area contributed by atoms with Gasteiger partial charge in [0.1, 0.15) is 23.0 Å². The fourth-order valence-electron chi connectivity index (χ4n) is 3.54. The molecule has 0 aromatic heterocycles. The smallest absolute Gasteiger partial charge is 0.408 e. The molecule has 2 bridgehead atoms. The average Bonchev–Trinajstić information content (AvgIpc) is 2.66. The van der Waals surface area contributed by atoms with Crippen LogP contribution in [0.3, 0.4) is 0 Å². The minimum Gasteiger partial charge on any atom is -0.444 e. The molecule has 2 amide bonds. The van der Waals surface area contributed by atoms with Crippen molar-refractivity contribution in [2.45, 2.75) is 52.2 Å². The van der Waals surface area contributed by atoms with Gasteiger partial charge in [0.05, 0.1) is 6.04 Å². The number of rotatable bonds is 1. The Morgan fingerprint density at radius 2 is 1.78 bits per heavy atom. The molecule has 0 spiro atoms. The van der Waals surface area contributed by atoms with Gasteiger partial charge in [-0.15, -0.1) is 0 Å². The zero-order valence-corrected chi connectivity index (χ0v) is 18.4. The largest absolute Gasteiger partial charge is 0.444 e. The van der Waals surface area contributed by atoms with E-state index < -0.39 is 41.2 Å². The number of halogens is 2. The molecule has 2 atom stereocenters. The van der Waals surface area contributed by atoms with Gasteiger partial charge in [0, 0.05) is 30.0 Å². The van der Waals surface area contributed by atoms with Gasteiger partial charge >= 0.3 is 6.09 Å². The summed E-state index contributed by atoms with van der Waals surface area (Å²) in [5.74, 6) is -2.54. The highest BCUT2D eigenvalue weighted by Crippen LogP contribution is 2.33. The summed E-state index contributed by atoms with van der Waals surface area (Å²) in [6.07, 6.45) is -0.988. The minimum atomic E-state index is -0.890. The van der Waals surface area contributed by atoms with Crippen LogP contribution in [0, 0.1) is 17.6 Å². The van der Waals surface area contributed by atoms with Crippen molar-refractivity contribution in [1.29, 1.82) is 0 Å². The van der Waals surface area contributed by atoms with Crippen LogP contribution in [0.25, 0.3) is 11.1 Å². The van der Waals surface area contributed by atoms with E-state index >= 15 is 0 Å². The van der Waals surface area contributed by atoms with E-state index in [0.717, 1.165) is 0 Å². The highest BCUT2D eigenvalue weighted by atomic mass is 19.1. The van der Waals surface area contributed by atoms with E-state index in [1.807, 2.05) is 0 Å². The number of ketones is 1. The molecular weight excluding hydrogens is 418 g/mol. The van der Waals surface area contributed by atoms with Crippen LogP contribution < -0.4 is 10.6 Å². The highest BCUT2D eigenvalue weighted by Gasteiger charge is 2.27. The molecule has 2 N–H and O–H groups in total. The second kappa shape index (κ2) is 9.06. The number of Topliss-reactive ketones (excluding diaryl/α,β-unsaturated/α-hetero) is 1. The van der Waals surface area contributed by atoms with E-state index in [9.17, 15) is 23.2 Å². The molecule has 2 unspecified atom stereocenters. The maximum absolute atomic E-state index is 14.6. The Morgan fingerprint density at radius 3 is 2.47 bits per heavy atom. The lowest BCUT2D eigenvalue weighted by atomic mass is 9.92. The predicted octanol–water partition coefficient (Wildman–Crippen LogP) is 5.14. The fourth-order valence-corrected chi connectivity index (χ4v) is 3.54. The van der Waals surface area contributed by atoms with E-state index in [-0.39, 0.29) is 24.2 Å². The second-order valence-electron chi connectivity index (χ2n) is 9.00. The topological polar surface area (TPSA) is 84.5 Å². The standard InChI is InChI=1S/C24H26F2N2O4/c1-13-7-18(29)12-21(28-23(31)32-24(2,3)4)15-8-14(9-17(26)10-15)19-11-16(25)5-6-20(19)27-22(13)30/h5-6,8-11,13,21H,7,12H2,1-4H3,(H,27,30)(H,28,31).